The van der Waals surface area contributed by atoms with Gasteiger partial charge in [-0.1, -0.05) is 12.1 Å². The van der Waals surface area contributed by atoms with Crippen LogP contribution in [0.25, 0.3) is 11.4 Å². The normalized spacial score (nSPS) is 22.5. The van der Waals surface area contributed by atoms with Gasteiger partial charge in [0.25, 0.3) is 0 Å². The standard InChI is InChI=1S/C12H15N5O/c1-18-11-6-10(7-11)13-9-4-2-3-8(5-9)12-14-16-17-15-12/h2-5,10-11,13H,6-7H2,1H3,(H,14,15,16,17). The molecule has 0 aliphatic heterocycles. The summed E-state index contributed by atoms with van der Waals surface area (Å²) >= 11 is 0. The molecule has 94 valence electrons. The lowest BCUT2D eigenvalue weighted by Gasteiger charge is -2.35. The molecule has 2 aromatic rings. The molecule has 0 radical (unpaired) electrons. The van der Waals surface area contributed by atoms with Gasteiger partial charge in [0.2, 0.25) is 5.82 Å². The van der Waals surface area contributed by atoms with Crippen LogP contribution in [0.3, 0.4) is 0 Å². The van der Waals surface area contributed by atoms with Gasteiger partial charge in [-0.3, -0.25) is 0 Å². The number of nitrogens with zero attached hydrogens (tertiary/aromatic N) is 3. The maximum atomic E-state index is 5.26. The first-order valence-electron chi connectivity index (χ1n) is 5.98. The second-order valence-electron chi connectivity index (χ2n) is 4.49. The zero-order chi connectivity index (χ0) is 12.4. The minimum absolute atomic E-state index is 0.405. The van der Waals surface area contributed by atoms with Crippen molar-refractivity contribution in [1.82, 2.24) is 20.6 Å². The molecule has 0 bridgehead atoms. The van der Waals surface area contributed by atoms with E-state index in [-0.39, 0.29) is 0 Å². The molecule has 2 N–H and O–H groups in total. The number of aromatic nitrogens is 4. The quantitative estimate of drug-likeness (QED) is 0.852. The van der Waals surface area contributed by atoms with Crippen molar-refractivity contribution >= 4 is 5.69 Å². The summed E-state index contributed by atoms with van der Waals surface area (Å²) < 4.78 is 5.26. The largest absolute Gasteiger partial charge is 0.382 e. The Balaban J connectivity index is 1.68. The Morgan fingerprint density at radius 1 is 1.39 bits per heavy atom. The van der Waals surface area contributed by atoms with Crippen molar-refractivity contribution in [2.45, 2.75) is 25.0 Å². The molecular formula is C12H15N5O. The fourth-order valence-electron chi connectivity index (χ4n) is 2.14. The Morgan fingerprint density at radius 3 is 3.00 bits per heavy atom. The Hall–Kier alpha value is -1.95. The molecule has 0 saturated heterocycles. The summed E-state index contributed by atoms with van der Waals surface area (Å²) in [5.41, 5.74) is 2.04. The van der Waals surface area contributed by atoms with E-state index in [1.807, 2.05) is 24.3 Å². The number of aromatic amines is 1. The molecule has 6 heteroatoms. The van der Waals surface area contributed by atoms with Crippen LogP contribution in [0.1, 0.15) is 12.8 Å². The van der Waals surface area contributed by atoms with Crippen LogP contribution in [-0.4, -0.2) is 39.9 Å². The lowest BCUT2D eigenvalue weighted by molar-refractivity contribution is 0.0329. The number of tetrazole rings is 1. The Bertz CT molecular complexity index is 507. The molecule has 1 aromatic heterocycles. The van der Waals surface area contributed by atoms with Crippen LogP contribution in [0.4, 0.5) is 5.69 Å². The molecule has 0 atom stereocenters. The number of benzene rings is 1. The van der Waals surface area contributed by atoms with Crippen molar-refractivity contribution < 1.29 is 4.74 Å². The van der Waals surface area contributed by atoms with E-state index in [2.05, 4.69) is 25.9 Å². The molecule has 3 rings (SSSR count). The van der Waals surface area contributed by atoms with E-state index in [0.717, 1.165) is 24.1 Å². The number of hydrogen-bond donors (Lipinski definition) is 2. The first kappa shape index (κ1) is 11.2. The van der Waals surface area contributed by atoms with E-state index in [1.165, 1.54) is 0 Å². The molecule has 1 aliphatic carbocycles. The molecule has 1 saturated carbocycles. The molecule has 18 heavy (non-hydrogen) atoms. The maximum absolute atomic E-state index is 5.26. The molecule has 0 spiro atoms. The van der Waals surface area contributed by atoms with Crippen LogP contribution in [0.5, 0.6) is 0 Å². The third kappa shape index (κ3) is 2.19. The maximum Gasteiger partial charge on any atom is 0.204 e. The predicted octanol–water partition coefficient (Wildman–Crippen LogP) is 1.46. The molecule has 1 aliphatic rings. The Kier molecular flexibility index (Phi) is 2.93. The number of ether oxygens (including phenoxy) is 1. The summed E-state index contributed by atoms with van der Waals surface area (Å²) in [7, 11) is 1.76. The van der Waals surface area contributed by atoms with Crippen molar-refractivity contribution in [3.05, 3.63) is 24.3 Å². The zero-order valence-corrected chi connectivity index (χ0v) is 10.1. The van der Waals surface area contributed by atoms with Crippen molar-refractivity contribution in [3.63, 3.8) is 0 Å². The third-order valence-corrected chi connectivity index (χ3v) is 3.27. The monoisotopic (exact) mass is 245 g/mol. The summed E-state index contributed by atoms with van der Waals surface area (Å²) in [6.07, 6.45) is 2.52. The third-order valence-electron chi connectivity index (χ3n) is 3.27. The highest BCUT2D eigenvalue weighted by Crippen LogP contribution is 2.27. The number of methoxy groups -OCH3 is 1. The van der Waals surface area contributed by atoms with Gasteiger partial charge in [0, 0.05) is 24.4 Å². The summed E-state index contributed by atoms with van der Waals surface area (Å²) in [4.78, 5) is 0. The minimum atomic E-state index is 0.405. The van der Waals surface area contributed by atoms with Crippen molar-refractivity contribution in [2.75, 3.05) is 12.4 Å². The van der Waals surface area contributed by atoms with Crippen molar-refractivity contribution in [2.24, 2.45) is 0 Å². The van der Waals surface area contributed by atoms with Crippen molar-refractivity contribution in [3.8, 4) is 11.4 Å². The lowest BCUT2D eigenvalue weighted by atomic mass is 9.89. The van der Waals surface area contributed by atoms with Gasteiger partial charge in [0.15, 0.2) is 0 Å². The number of rotatable bonds is 4. The second-order valence-corrected chi connectivity index (χ2v) is 4.49. The average molecular weight is 245 g/mol. The molecule has 1 heterocycles. The topological polar surface area (TPSA) is 75.7 Å². The zero-order valence-electron chi connectivity index (χ0n) is 10.1. The van der Waals surface area contributed by atoms with E-state index >= 15 is 0 Å². The van der Waals surface area contributed by atoms with Gasteiger partial charge < -0.3 is 10.1 Å². The summed E-state index contributed by atoms with van der Waals surface area (Å²) in [6.45, 7) is 0. The fraction of sp³-hybridized carbons (Fsp3) is 0.417. The smallest absolute Gasteiger partial charge is 0.204 e. The number of anilines is 1. The van der Waals surface area contributed by atoms with E-state index in [0.29, 0.717) is 18.0 Å². The fourth-order valence-corrected chi connectivity index (χ4v) is 2.14. The van der Waals surface area contributed by atoms with Crippen LogP contribution in [-0.2, 0) is 4.74 Å². The first-order valence-corrected chi connectivity index (χ1v) is 5.98. The summed E-state index contributed by atoms with van der Waals surface area (Å²) in [5.74, 6) is 0.613. The molecule has 0 unspecified atom stereocenters. The molecule has 1 fully saturated rings. The Morgan fingerprint density at radius 2 is 2.28 bits per heavy atom. The molecular weight excluding hydrogens is 230 g/mol. The predicted molar refractivity (Wildman–Crippen MR) is 67.1 cm³/mol. The number of hydrogen-bond acceptors (Lipinski definition) is 5. The van der Waals surface area contributed by atoms with Gasteiger partial charge >= 0.3 is 0 Å². The van der Waals surface area contributed by atoms with Gasteiger partial charge in [-0.05, 0) is 30.2 Å². The van der Waals surface area contributed by atoms with Crippen LogP contribution in [0.2, 0.25) is 0 Å². The van der Waals surface area contributed by atoms with Crippen molar-refractivity contribution in [1.29, 1.82) is 0 Å². The van der Waals surface area contributed by atoms with E-state index in [1.54, 1.807) is 7.11 Å². The Labute approximate surface area is 105 Å². The van der Waals surface area contributed by atoms with E-state index in [4.69, 9.17) is 4.74 Å². The summed E-state index contributed by atoms with van der Waals surface area (Å²) in [6, 6.07) is 8.53. The molecule has 0 amide bonds. The van der Waals surface area contributed by atoms with Gasteiger partial charge in [0.05, 0.1) is 6.10 Å². The van der Waals surface area contributed by atoms with Gasteiger partial charge in [-0.2, -0.15) is 5.21 Å². The SMILES string of the molecule is COC1CC(Nc2cccc(-c3nn[nH]n3)c2)C1. The molecule has 1 aromatic carbocycles. The number of H-pyrrole nitrogens is 1. The van der Waals surface area contributed by atoms with Crippen LogP contribution in [0.15, 0.2) is 24.3 Å². The molecule has 6 nitrogen and oxygen atoms in total. The number of nitrogens with one attached hydrogen (secondary N) is 2. The van der Waals surface area contributed by atoms with Gasteiger partial charge in [-0.25, -0.2) is 0 Å². The van der Waals surface area contributed by atoms with Crippen LogP contribution >= 0.6 is 0 Å². The highest BCUT2D eigenvalue weighted by atomic mass is 16.5. The average Bonchev–Trinajstić information content (AvgIpc) is 2.87. The van der Waals surface area contributed by atoms with Crippen LogP contribution in [0, 0.1) is 0 Å². The highest BCUT2D eigenvalue weighted by molar-refractivity contribution is 5.62. The van der Waals surface area contributed by atoms with E-state index in [9.17, 15) is 0 Å². The van der Waals surface area contributed by atoms with Gasteiger partial charge in [-0.15, -0.1) is 10.2 Å². The highest BCUT2D eigenvalue weighted by Gasteiger charge is 2.28. The van der Waals surface area contributed by atoms with E-state index < -0.39 is 0 Å². The second kappa shape index (κ2) is 4.73. The first-order chi connectivity index (χ1) is 8.85. The van der Waals surface area contributed by atoms with Crippen LogP contribution < -0.4 is 5.32 Å². The van der Waals surface area contributed by atoms with Gasteiger partial charge in [0.1, 0.15) is 0 Å². The lowest BCUT2D eigenvalue weighted by Crippen LogP contribution is -2.40. The minimum Gasteiger partial charge on any atom is -0.382 e. The summed E-state index contributed by atoms with van der Waals surface area (Å²) in [5, 5.41) is 17.4.